The first kappa shape index (κ1) is 17.2. The maximum Gasteiger partial charge on any atom is 0.135 e. The molecular weight excluding hydrogens is 343 g/mol. The number of amidine groups is 1. The highest BCUT2D eigenvalue weighted by atomic mass is 35.5. The molecule has 6 nitrogen and oxygen atoms in total. The molecule has 1 aromatic heterocycles. The summed E-state index contributed by atoms with van der Waals surface area (Å²) in [5.41, 5.74) is 18.2. The standard InChI is InChI=1S/C17H18ClFN6/c18-13-4-5-17(23,11-7-14(20)24-15(21)8-11)25(16(13)22)9-10-2-1-3-12(19)6-10/h1-8,13,22H,9,23H2,(H4,20,21,24). The molecule has 2 atom stereocenters. The normalized spacial score (nSPS) is 23.1. The third-order valence-corrected chi connectivity index (χ3v) is 4.43. The van der Waals surface area contributed by atoms with Crippen LogP contribution in [0, 0.1) is 11.2 Å². The van der Waals surface area contributed by atoms with E-state index in [9.17, 15) is 4.39 Å². The van der Waals surface area contributed by atoms with Crippen LogP contribution >= 0.6 is 11.6 Å². The Balaban J connectivity index is 2.07. The van der Waals surface area contributed by atoms with Gasteiger partial charge in [-0.25, -0.2) is 9.37 Å². The zero-order chi connectivity index (χ0) is 18.2. The average molecular weight is 361 g/mol. The van der Waals surface area contributed by atoms with Crippen molar-refractivity contribution in [2.75, 3.05) is 11.5 Å². The van der Waals surface area contributed by atoms with Gasteiger partial charge in [0.15, 0.2) is 0 Å². The summed E-state index contributed by atoms with van der Waals surface area (Å²) < 4.78 is 13.5. The van der Waals surface area contributed by atoms with E-state index in [0.29, 0.717) is 11.1 Å². The van der Waals surface area contributed by atoms with Gasteiger partial charge in [0.25, 0.3) is 0 Å². The van der Waals surface area contributed by atoms with E-state index in [1.54, 1.807) is 41.3 Å². The number of nitrogen functional groups attached to an aromatic ring is 2. The fraction of sp³-hybridized carbons (Fsp3) is 0.176. The molecular formula is C17H18ClFN6. The van der Waals surface area contributed by atoms with Gasteiger partial charge in [-0.1, -0.05) is 18.2 Å². The van der Waals surface area contributed by atoms with Gasteiger partial charge in [-0.3, -0.25) is 5.41 Å². The number of aromatic nitrogens is 1. The van der Waals surface area contributed by atoms with Gasteiger partial charge in [0.2, 0.25) is 0 Å². The SMILES string of the molecule is N=C1C(Cl)C=CC(N)(c2cc(N)nc(N)c2)N1Cc1cccc(F)c1. The minimum Gasteiger partial charge on any atom is -0.384 e. The maximum absolute atomic E-state index is 13.5. The topological polar surface area (TPSA) is 118 Å². The summed E-state index contributed by atoms with van der Waals surface area (Å²) in [6, 6.07) is 9.31. The number of nitrogens with two attached hydrogens (primary N) is 3. The number of alkyl halides is 1. The monoisotopic (exact) mass is 360 g/mol. The summed E-state index contributed by atoms with van der Waals surface area (Å²) in [4.78, 5) is 5.53. The highest BCUT2D eigenvalue weighted by molar-refractivity contribution is 6.33. The Morgan fingerprint density at radius 1 is 1.24 bits per heavy atom. The molecule has 3 rings (SSSR count). The second-order valence-electron chi connectivity index (χ2n) is 5.89. The van der Waals surface area contributed by atoms with Crippen molar-refractivity contribution >= 4 is 29.1 Å². The molecule has 2 aromatic rings. The zero-order valence-electron chi connectivity index (χ0n) is 13.3. The Morgan fingerprint density at radius 3 is 2.56 bits per heavy atom. The number of hydrogen-bond acceptors (Lipinski definition) is 5. The van der Waals surface area contributed by atoms with Crippen molar-refractivity contribution in [1.82, 2.24) is 9.88 Å². The van der Waals surface area contributed by atoms with Gasteiger partial charge < -0.3 is 22.1 Å². The molecule has 0 bridgehead atoms. The molecule has 1 aliphatic rings. The Hall–Kier alpha value is -2.64. The number of halogens is 2. The van der Waals surface area contributed by atoms with Gasteiger partial charge >= 0.3 is 0 Å². The van der Waals surface area contributed by atoms with Gasteiger partial charge in [-0.15, -0.1) is 11.6 Å². The van der Waals surface area contributed by atoms with Crippen LogP contribution in [0.1, 0.15) is 11.1 Å². The Kier molecular flexibility index (Phi) is 4.36. The fourth-order valence-corrected chi connectivity index (χ4v) is 3.04. The predicted molar refractivity (Wildman–Crippen MR) is 97.4 cm³/mol. The second kappa shape index (κ2) is 6.34. The Morgan fingerprint density at radius 2 is 1.92 bits per heavy atom. The quantitative estimate of drug-likeness (QED) is 0.494. The molecule has 7 N–H and O–H groups in total. The van der Waals surface area contributed by atoms with Crippen molar-refractivity contribution in [2.24, 2.45) is 5.73 Å². The molecule has 0 spiro atoms. The highest BCUT2D eigenvalue weighted by Crippen LogP contribution is 2.33. The van der Waals surface area contributed by atoms with Crippen molar-refractivity contribution in [3.8, 4) is 0 Å². The lowest BCUT2D eigenvalue weighted by molar-refractivity contribution is 0.217. The van der Waals surface area contributed by atoms with Crippen molar-refractivity contribution < 1.29 is 4.39 Å². The largest absolute Gasteiger partial charge is 0.384 e. The number of nitrogens with zero attached hydrogens (tertiary/aromatic N) is 2. The second-order valence-corrected chi connectivity index (χ2v) is 6.36. The summed E-state index contributed by atoms with van der Waals surface area (Å²) in [6.45, 7) is 0.197. The summed E-state index contributed by atoms with van der Waals surface area (Å²) in [5, 5.41) is 7.72. The van der Waals surface area contributed by atoms with Crippen LogP contribution in [0.2, 0.25) is 0 Å². The minimum absolute atomic E-state index is 0.102. The van der Waals surface area contributed by atoms with E-state index in [1.165, 1.54) is 12.1 Å². The molecule has 25 heavy (non-hydrogen) atoms. The molecule has 8 heteroatoms. The molecule has 0 amide bonds. The van der Waals surface area contributed by atoms with Crippen LogP contribution in [0.5, 0.6) is 0 Å². The van der Waals surface area contributed by atoms with Gasteiger partial charge in [-0.05, 0) is 35.9 Å². The molecule has 1 aliphatic heterocycles. The van der Waals surface area contributed by atoms with Gasteiger partial charge in [0, 0.05) is 12.1 Å². The summed E-state index contributed by atoms with van der Waals surface area (Å²) in [5.74, 6) is 0.181. The van der Waals surface area contributed by atoms with Crippen molar-refractivity contribution in [2.45, 2.75) is 17.6 Å². The zero-order valence-corrected chi connectivity index (χ0v) is 14.0. The first-order valence-electron chi connectivity index (χ1n) is 7.56. The molecule has 2 unspecified atom stereocenters. The Bertz CT molecular complexity index is 835. The van der Waals surface area contributed by atoms with E-state index in [0.717, 1.165) is 0 Å². The third-order valence-electron chi connectivity index (χ3n) is 4.08. The molecule has 1 aromatic carbocycles. The van der Waals surface area contributed by atoms with Crippen molar-refractivity contribution in [1.29, 1.82) is 5.41 Å². The molecule has 2 heterocycles. The summed E-state index contributed by atoms with van der Waals surface area (Å²) in [7, 11) is 0. The van der Waals surface area contributed by atoms with E-state index < -0.39 is 11.0 Å². The number of pyridine rings is 1. The molecule has 0 radical (unpaired) electrons. The fourth-order valence-electron chi connectivity index (χ4n) is 2.85. The number of rotatable bonds is 3. The maximum atomic E-state index is 13.5. The van der Waals surface area contributed by atoms with Crippen LogP contribution in [-0.4, -0.2) is 21.1 Å². The number of nitrogens with one attached hydrogen (secondary N) is 1. The van der Waals surface area contributed by atoms with E-state index in [1.807, 2.05) is 0 Å². The van der Waals surface area contributed by atoms with E-state index in [4.69, 9.17) is 34.2 Å². The van der Waals surface area contributed by atoms with E-state index in [-0.39, 0.29) is 29.8 Å². The molecule has 0 aliphatic carbocycles. The average Bonchev–Trinajstić information content (AvgIpc) is 2.54. The van der Waals surface area contributed by atoms with E-state index in [2.05, 4.69) is 4.98 Å². The number of benzene rings is 1. The van der Waals surface area contributed by atoms with Crippen LogP contribution in [0.4, 0.5) is 16.0 Å². The van der Waals surface area contributed by atoms with Crippen LogP contribution < -0.4 is 17.2 Å². The van der Waals surface area contributed by atoms with Crippen molar-refractivity contribution in [3.05, 3.63) is 65.5 Å². The predicted octanol–water partition coefficient (Wildman–Crippen LogP) is 2.15. The first-order chi connectivity index (χ1) is 11.8. The van der Waals surface area contributed by atoms with Crippen LogP contribution in [0.25, 0.3) is 0 Å². The van der Waals surface area contributed by atoms with Gasteiger partial charge in [0.1, 0.15) is 34.3 Å². The first-order valence-corrected chi connectivity index (χ1v) is 7.99. The van der Waals surface area contributed by atoms with Gasteiger partial charge in [0.05, 0.1) is 0 Å². The van der Waals surface area contributed by atoms with Crippen LogP contribution in [0.3, 0.4) is 0 Å². The van der Waals surface area contributed by atoms with E-state index >= 15 is 0 Å². The summed E-state index contributed by atoms with van der Waals surface area (Å²) in [6.07, 6.45) is 3.33. The Labute approximate surface area is 149 Å². The van der Waals surface area contributed by atoms with Crippen molar-refractivity contribution in [3.63, 3.8) is 0 Å². The molecule has 0 saturated heterocycles. The minimum atomic E-state index is -1.21. The lowest BCUT2D eigenvalue weighted by Crippen LogP contribution is -2.58. The lowest BCUT2D eigenvalue weighted by Gasteiger charge is -2.44. The molecule has 0 fully saturated rings. The number of hydrogen-bond donors (Lipinski definition) is 4. The molecule has 130 valence electrons. The highest BCUT2D eigenvalue weighted by Gasteiger charge is 2.39. The number of anilines is 2. The molecule has 0 saturated carbocycles. The van der Waals surface area contributed by atoms with Crippen LogP contribution in [0.15, 0.2) is 48.6 Å². The summed E-state index contributed by atoms with van der Waals surface area (Å²) >= 11 is 6.19. The van der Waals surface area contributed by atoms with Crippen LogP contribution in [-0.2, 0) is 12.2 Å². The third kappa shape index (κ3) is 3.29. The van der Waals surface area contributed by atoms with Gasteiger partial charge in [-0.2, -0.15) is 0 Å². The lowest BCUT2D eigenvalue weighted by atomic mass is 9.93. The smallest absolute Gasteiger partial charge is 0.135 e.